The van der Waals surface area contributed by atoms with E-state index in [1.165, 1.54) is 0 Å². The number of nitrogens with zero attached hydrogens (tertiary/aromatic N) is 2. The molecule has 2 N–H and O–H groups in total. The van der Waals surface area contributed by atoms with Gasteiger partial charge in [0.15, 0.2) is 0 Å². The van der Waals surface area contributed by atoms with Crippen molar-refractivity contribution in [3.8, 4) is 0 Å². The van der Waals surface area contributed by atoms with Gasteiger partial charge in [0.25, 0.3) is 0 Å². The van der Waals surface area contributed by atoms with Crippen LogP contribution >= 0.6 is 0 Å². The summed E-state index contributed by atoms with van der Waals surface area (Å²) in [6, 6.07) is 7.48. The Bertz CT molecular complexity index is 815. The Morgan fingerprint density at radius 1 is 1.33 bits per heavy atom. The Kier molecular flexibility index (Phi) is 6.01. The molecule has 1 aromatic heterocycles. The quantitative estimate of drug-likeness (QED) is 0.783. The van der Waals surface area contributed by atoms with Crippen LogP contribution in [0.5, 0.6) is 0 Å². The van der Waals surface area contributed by atoms with E-state index in [0.717, 1.165) is 48.3 Å². The molecule has 3 rings (SSSR count). The number of nitrogens with one attached hydrogen (secondary N) is 2. The molecule has 0 saturated carbocycles. The lowest BCUT2D eigenvalue weighted by Gasteiger charge is -2.26. The minimum Gasteiger partial charge on any atom is -0.461 e. The van der Waals surface area contributed by atoms with Crippen LogP contribution in [-0.2, 0) is 4.79 Å². The summed E-state index contributed by atoms with van der Waals surface area (Å²) in [4.78, 5) is 28.2. The van der Waals surface area contributed by atoms with Crippen molar-refractivity contribution in [1.82, 2.24) is 15.1 Å². The van der Waals surface area contributed by atoms with Gasteiger partial charge >= 0.3 is 6.03 Å². The second kappa shape index (κ2) is 8.43. The van der Waals surface area contributed by atoms with E-state index in [2.05, 4.69) is 15.5 Å². The molecule has 27 heavy (non-hydrogen) atoms. The molecule has 1 aliphatic heterocycles. The molecule has 7 heteroatoms. The maximum atomic E-state index is 12.2. The lowest BCUT2D eigenvalue weighted by atomic mass is 10.1. The summed E-state index contributed by atoms with van der Waals surface area (Å²) in [5.41, 5.74) is 1.53. The average Bonchev–Trinajstić information content (AvgIpc) is 3.14. The van der Waals surface area contributed by atoms with E-state index in [1.54, 1.807) is 0 Å². The minimum atomic E-state index is -0.237. The van der Waals surface area contributed by atoms with Gasteiger partial charge in [-0.05, 0) is 58.1 Å². The standard InChI is InChI=1S/C20H28N4O3/c1-14-12-15-13-16(4-6-18(15)27-14)22-20(26)21-9-8-17-5-7-19(25)24(17)11-10-23(2)3/h4,6,12-13,17H,5,7-11H2,1-3H3,(H2,21,22,26)/t17-/m1/s1. The van der Waals surface area contributed by atoms with Crippen molar-refractivity contribution in [2.45, 2.75) is 32.2 Å². The molecular weight excluding hydrogens is 344 g/mol. The number of hydrogen-bond acceptors (Lipinski definition) is 4. The van der Waals surface area contributed by atoms with Gasteiger partial charge in [-0.25, -0.2) is 4.79 Å². The third-order valence-corrected chi connectivity index (χ3v) is 4.90. The molecule has 1 atom stereocenters. The second-order valence-corrected chi connectivity index (χ2v) is 7.36. The van der Waals surface area contributed by atoms with Crippen molar-refractivity contribution in [3.63, 3.8) is 0 Å². The number of fused-ring (bicyclic) bond motifs is 1. The maximum absolute atomic E-state index is 12.2. The fourth-order valence-corrected chi connectivity index (χ4v) is 3.49. The highest BCUT2D eigenvalue weighted by Gasteiger charge is 2.30. The van der Waals surface area contributed by atoms with E-state index < -0.39 is 0 Å². The van der Waals surface area contributed by atoms with E-state index in [9.17, 15) is 9.59 Å². The molecule has 2 aromatic rings. The molecule has 1 fully saturated rings. The molecule has 0 aliphatic carbocycles. The molecule has 1 aliphatic rings. The Morgan fingerprint density at radius 2 is 2.15 bits per heavy atom. The van der Waals surface area contributed by atoms with Crippen LogP contribution < -0.4 is 10.6 Å². The van der Waals surface area contributed by atoms with E-state index >= 15 is 0 Å². The predicted octanol–water partition coefficient (Wildman–Crippen LogP) is 2.81. The molecular formula is C20H28N4O3. The summed E-state index contributed by atoms with van der Waals surface area (Å²) >= 11 is 0. The Morgan fingerprint density at radius 3 is 2.93 bits per heavy atom. The van der Waals surface area contributed by atoms with Crippen molar-refractivity contribution in [2.75, 3.05) is 39.0 Å². The zero-order valence-corrected chi connectivity index (χ0v) is 16.2. The van der Waals surface area contributed by atoms with Crippen molar-refractivity contribution in [3.05, 3.63) is 30.0 Å². The highest BCUT2D eigenvalue weighted by Crippen LogP contribution is 2.23. The van der Waals surface area contributed by atoms with Gasteiger partial charge in [0.1, 0.15) is 11.3 Å². The molecule has 2 heterocycles. The van der Waals surface area contributed by atoms with Crippen molar-refractivity contribution >= 4 is 28.6 Å². The summed E-state index contributed by atoms with van der Waals surface area (Å²) in [6.07, 6.45) is 2.24. The highest BCUT2D eigenvalue weighted by atomic mass is 16.3. The van der Waals surface area contributed by atoms with Crippen LogP contribution in [0, 0.1) is 6.92 Å². The normalized spacial score (nSPS) is 17.1. The van der Waals surface area contributed by atoms with Crippen molar-refractivity contribution < 1.29 is 14.0 Å². The lowest BCUT2D eigenvalue weighted by Crippen LogP contribution is -2.40. The number of anilines is 1. The number of furan rings is 1. The first-order valence-corrected chi connectivity index (χ1v) is 9.41. The monoisotopic (exact) mass is 372 g/mol. The van der Waals surface area contributed by atoms with Crippen LogP contribution in [0.3, 0.4) is 0 Å². The molecule has 1 aromatic carbocycles. The number of hydrogen-bond donors (Lipinski definition) is 2. The average molecular weight is 372 g/mol. The van der Waals surface area contributed by atoms with Gasteiger partial charge in [-0.15, -0.1) is 0 Å². The second-order valence-electron chi connectivity index (χ2n) is 7.36. The highest BCUT2D eigenvalue weighted by molar-refractivity contribution is 5.92. The largest absolute Gasteiger partial charge is 0.461 e. The zero-order chi connectivity index (χ0) is 19.4. The summed E-state index contributed by atoms with van der Waals surface area (Å²) < 4.78 is 5.54. The van der Waals surface area contributed by atoms with Gasteiger partial charge in [0.05, 0.1) is 0 Å². The number of rotatable bonds is 7. The van der Waals surface area contributed by atoms with E-state index in [-0.39, 0.29) is 18.0 Å². The summed E-state index contributed by atoms with van der Waals surface area (Å²) in [6.45, 7) is 4.03. The van der Waals surface area contributed by atoms with E-state index in [4.69, 9.17) is 4.42 Å². The van der Waals surface area contributed by atoms with E-state index in [0.29, 0.717) is 13.0 Å². The van der Waals surface area contributed by atoms with Crippen LogP contribution in [0.4, 0.5) is 10.5 Å². The molecule has 7 nitrogen and oxygen atoms in total. The SMILES string of the molecule is Cc1cc2cc(NC(=O)NCC[C@H]3CCC(=O)N3CCN(C)C)ccc2o1. The first-order chi connectivity index (χ1) is 12.9. The first kappa shape index (κ1) is 19.2. The van der Waals surface area contributed by atoms with Crippen LogP contribution in [0.15, 0.2) is 28.7 Å². The smallest absolute Gasteiger partial charge is 0.319 e. The van der Waals surface area contributed by atoms with Gasteiger partial charge in [-0.2, -0.15) is 0 Å². The van der Waals surface area contributed by atoms with Crippen LogP contribution in [-0.4, -0.2) is 61.5 Å². The minimum absolute atomic E-state index is 0.211. The molecule has 0 unspecified atom stereocenters. The number of likely N-dealkylation sites (N-methyl/N-ethyl adjacent to an activating group) is 1. The van der Waals surface area contributed by atoms with Crippen LogP contribution in [0.2, 0.25) is 0 Å². The maximum Gasteiger partial charge on any atom is 0.319 e. The van der Waals surface area contributed by atoms with Crippen molar-refractivity contribution in [1.29, 1.82) is 0 Å². The predicted molar refractivity (Wildman–Crippen MR) is 106 cm³/mol. The molecule has 146 valence electrons. The van der Waals surface area contributed by atoms with Gasteiger partial charge in [0.2, 0.25) is 5.91 Å². The van der Waals surface area contributed by atoms with E-state index in [1.807, 2.05) is 50.2 Å². The number of urea groups is 1. The molecule has 0 bridgehead atoms. The number of benzene rings is 1. The van der Waals surface area contributed by atoms with Crippen molar-refractivity contribution in [2.24, 2.45) is 0 Å². The number of likely N-dealkylation sites (tertiary alicyclic amines) is 1. The van der Waals surface area contributed by atoms with Crippen LogP contribution in [0.1, 0.15) is 25.0 Å². The fourth-order valence-electron chi connectivity index (χ4n) is 3.49. The fraction of sp³-hybridized carbons (Fsp3) is 0.500. The summed E-state index contributed by atoms with van der Waals surface area (Å²) in [7, 11) is 4.01. The Balaban J connectivity index is 1.46. The number of aryl methyl sites for hydroxylation is 1. The summed E-state index contributed by atoms with van der Waals surface area (Å²) in [5.74, 6) is 1.06. The third-order valence-electron chi connectivity index (χ3n) is 4.90. The lowest BCUT2D eigenvalue weighted by molar-refractivity contribution is -0.129. The molecule has 0 radical (unpaired) electrons. The van der Waals surface area contributed by atoms with Gasteiger partial charge in [0, 0.05) is 43.2 Å². The molecule has 1 saturated heterocycles. The van der Waals surface area contributed by atoms with Gasteiger partial charge in [-0.1, -0.05) is 0 Å². The summed E-state index contributed by atoms with van der Waals surface area (Å²) in [5, 5.41) is 6.70. The third kappa shape index (κ3) is 5.01. The Labute approximate surface area is 159 Å². The topological polar surface area (TPSA) is 77.8 Å². The zero-order valence-electron chi connectivity index (χ0n) is 16.2. The molecule has 3 amide bonds. The number of carbonyl (C=O) groups is 2. The number of carbonyl (C=O) groups excluding carboxylic acids is 2. The first-order valence-electron chi connectivity index (χ1n) is 9.41. The van der Waals surface area contributed by atoms with Gasteiger partial charge < -0.3 is 24.9 Å². The number of amides is 3. The molecule has 0 spiro atoms. The van der Waals surface area contributed by atoms with Gasteiger partial charge in [-0.3, -0.25) is 4.79 Å². The Hall–Kier alpha value is -2.54. The van der Waals surface area contributed by atoms with Crippen LogP contribution in [0.25, 0.3) is 11.0 Å².